The van der Waals surface area contributed by atoms with E-state index in [1.165, 1.54) is 0 Å². The standard InChI is InChI=1S/C15H24N2O4/c1-3-21-15(18)12-6-4-7-13(16)14(12)17-8-5-9-20-11-10-19-2/h4,6-7,17H,3,5,8-11,16H2,1-2H3. The Morgan fingerprint density at radius 1 is 1.29 bits per heavy atom. The molecule has 0 atom stereocenters. The van der Waals surface area contributed by atoms with E-state index in [1.807, 2.05) is 0 Å². The maximum absolute atomic E-state index is 11.9. The molecule has 0 saturated heterocycles. The lowest BCUT2D eigenvalue weighted by Gasteiger charge is -2.13. The van der Waals surface area contributed by atoms with Crippen LogP contribution in [0.25, 0.3) is 0 Å². The van der Waals surface area contributed by atoms with Crippen molar-refractivity contribution >= 4 is 17.3 Å². The molecule has 0 aliphatic carbocycles. The Balaban J connectivity index is 2.48. The fourth-order valence-electron chi connectivity index (χ4n) is 1.78. The van der Waals surface area contributed by atoms with Gasteiger partial charge >= 0.3 is 5.97 Å². The molecule has 0 aromatic heterocycles. The van der Waals surface area contributed by atoms with Gasteiger partial charge in [0.05, 0.1) is 36.8 Å². The molecule has 0 bridgehead atoms. The Morgan fingerprint density at radius 2 is 2.10 bits per heavy atom. The second-order valence-corrected chi connectivity index (χ2v) is 4.38. The molecule has 0 aliphatic heterocycles. The van der Waals surface area contributed by atoms with Crippen LogP contribution in [0.4, 0.5) is 11.4 Å². The Morgan fingerprint density at radius 3 is 2.81 bits per heavy atom. The molecule has 0 amide bonds. The third-order valence-electron chi connectivity index (χ3n) is 2.79. The van der Waals surface area contributed by atoms with Crippen molar-refractivity contribution < 1.29 is 19.0 Å². The predicted molar refractivity (Wildman–Crippen MR) is 82.6 cm³/mol. The number of hydrogen-bond donors (Lipinski definition) is 2. The largest absolute Gasteiger partial charge is 0.462 e. The molecule has 0 unspecified atom stereocenters. The van der Waals surface area contributed by atoms with Crippen LogP contribution in [-0.4, -0.2) is 46.1 Å². The van der Waals surface area contributed by atoms with Crippen molar-refractivity contribution in [3.8, 4) is 0 Å². The van der Waals surface area contributed by atoms with Gasteiger partial charge in [-0.2, -0.15) is 0 Å². The first-order chi connectivity index (χ1) is 10.2. The molecule has 21 heavy (non-hydrogen) atoms. The van der Waals surface area contributed by atoms with Gasteiger partial charge in [-0.15, -0.1) is 0 Å². The molecular formula is C15H24N2O4. The molecule has 6 nitrogen and oxygen atoms in total. The van der Waals surface area contributed by atoms with Gasteiger partial charge in [0.2, 0.25) is 0 Å². The monoisotopic (exact) mass is 296 g/mol. The number of nitrogens with two attached hydrogens (primary N) is 1. The minimum atomic E-state index is -0.372. The summed E-state index contributed by atoms with van der Waals surface area (Å²) in [4.78, 5) is 11.9. The summed E-state index contributed by atoms with van der Waals surface area (Å²) in [5.41, 5.74) is 7.52. The van der Waals surface area contributed by atoms with Gasteiger partial charge in [-0.3, -0.25) is 0 Å². The topological polar surface area (TPSA) is 82.8 Å². The summed E-state index contributed by atoms with van der Waals surface area (Å²) in [5, 5.41) is 3.17. The first kappa shape index (κ1) is 17.3. The van der Waals surface area contributed by atoms with Gasteiger partial charge in [-0.25, -0.2) is 4.79 Å². The van der Waals surface area contributed by atoms with E-state index in [0.29, 0.717) is 49.9 Å². The fraction of sp³-hybridized carbons (Fsp3) is 0.533. The Kier molecular flexibility index (Phi) is 8.23. The summed E-state index contributed by atoms with van der Waals surface area (Å²) in [5.74, 6) is -0.372. The van der Waals surface area contributed by atoms with Gasteiger partial charge in [0.15, 0.2) is 0 Å². The Labute approximate surface area is 125 Å². The van der Waals surface area contributed by atoms with E-state index in [4.69, 9.17) is 19.9 Å². The number of anilines is 2. The molecule has 0 fully saturated rings. The fourth-order valence-corrected chi connectivity index (χ4v) is 1.78. The van der Waals surface area contributed by atoms with Crippen molar-refractivity contribution in [1.82, 2.24) is 0 Å². The van der Waals surface area contributed by atoms with Crippen molar-refractivity contribution in [3.63, 3.8) is 0 Å². The number of hydrogen-bond acceptors (Lipinski definition) is 6. The SMILES string of the molecule is CCOC(=O)c1cccc(N)c1NCCCOCCOC. The zero-order valence-electron chi connectivity index (χ0n) is 12.7. The lowest BCUT2D eigenvalue weighted by Crippen LogP contribution is -2.14. The maximum atomic E-state index is 11.9. The van der Waals surface area contributed by atoms with Gasteiger partial charge in [0.1, 0.15) is 0 Å². The number of rotatable bonds is 10. The molecule has 0 radical (unpaired) electrons. The molecule has 6 heteroatoms. The number of esters is 1. The first-order valence-electron chi connectivity index (χ1n) is 7.06. The van der Waals surface area contributed by atoms with Crippen LogP contribution in [0.5, 0.6) is 0 Å². The smallest absolute Gasteiger partial charge is 0.340 e. The van der Waals surface area contributed by atoms with Gasteiger partial charge in [0.25, 0.3) is 0 Å². The number of benzene rings is 1. The highest BCUT2D eigenvalue weighted by Gasteiger charge is 2.14. The van der Waals surface area contributed by atoms with Crippen molar-refractivity contribution in [2.75, 3.05) is 51.1 Å². The average molecular weight is 296 g/mol. The third kappa shape index (κ3) is 6.01. The second kappa shape index (κ2) is 10.0. The van der Waals surface area contributed by atoms with E-state index in [9.17, 15) is 4.79 Å². The number of carbonyl (C=O) groups is 1. The number of nitrogen functional groups attached to an aromatic ring is 1. The normalized spacial score (nSPS) is 10.4. The van der Waals surface area contributed by atoms with Crippen LogP contribution in [0.2, 0.25) is 0 Å². The highest BCUT2D eigenvalue weighted by molar-refractivity contribution is 5.98. The van der Waals surface area contributed by atoms with E-state index >= 15 is 0 Å². The second-order valence-electron chi connectivity index (χ2n) is 4.38. The van der Waals surface area contributed by atoms with Gasteiger partial charge in [-0.1, -0.05) is 6.07 Å². The van der Waals surface area contributed by atoms with Crippen LogP contribution in [0.15, 0.2) is 18.2 Å². The summed E-state index contributed by atoms with van der Waals surface area (Å²) < 4.78 is 15.3. The molecule has 0 spiro atoms. The zero-order valence-corrected chi connectivity index (χ0v) is 12.7. The van der Waals surface area contributed by atoms with E-state index in [1.54, 1.807) is 32.2 Å². The number of methoxy groups -OCH3 is 1. The number of para-hydroxylation sites is 1. The molecule has 1 aromatic rings. The summed E-state index contributed by atoms with van der Waals surface area (Å²) in [6.45, 7) is 4.56. The van der Waals surface area contributed by atoms with Crippen molar-refractivity contribution in [3.05, 3.63) is 23.8 Å². The Hall–Kier alpha value is -1.79. The highest BCUT2D eigenvalue weighted by Crippen LogP contribution is 2.24. The summed E-state index contributed by atoms with van der Waals surface area (Å²) >= 11 is 0. The maximum Gasteiger partial charge on any atom is 0.340 e. The average Bonchev–Trinajstić information content (AvgIpc) is 2.47. The number of nitrogens with one attached hydrogen (secondary N) is 1. The lowest BCUT2D eigenvalue weighted by atomic mass is 10.1. The van der Waals surface area contributed by atoms with Crippen molar-refractivity contribution in [2.24, 2.45) is 0 Å². The number of carbonyl (C=O) groups excluding carboxylic acids is 1. The van der Waals surface area contributed by atoms with Crippen LogP contribution >= 0.6 is 0 Å². The quantitative estimate of drug-likeness (QED) is 0.390. The van der Waals surface area contributed by atoms with Crippen LogP contribution < -0.4 is 11.1 Å². The summed E-state index contributed by atoms with van der Waals surface area (Å²) in [6, 6.07) is 5.19. The van der Waals surface area contributed by atoms with Gasteiger partial charge < -0.3 is 25.3 Å². The van der Waals surface area contributed by atoms with Crippen LogP contribution in [0.3, 0.4) is 0 Å². The summed E-state index contributed by atoms with van der Waals surface area (Å²) in [6.07, 6.45) is 0.806. The molecule has 1 aromatic carbocycles. The van der Waals surface area contributed by atoms with E-state index in [-0.39, 0.29) is 5.97 Å². The molecule has 0 aliphatic rings. The van der Waals surface area contributed by atoms with Crippen molar-refractivity contribution in [1.29, 1.82) is 0 Å². The number of ether oxygens (including phenoxy) is 3. The molecule has 3 N–H and O–H groups in total. The van der Waals surface area contributed by atoms with E-state index < -0.39 is 0 Å². The summed E-state index contributed by atoms with van der Waals surface area (Å²) in [7, 11) is 1.64. The van der Waals surface area contributed by atoms with Gasteiger partial charge in [0, 0.05) is 20.3 Å². The van der Waals surface area contributed by atoms with Crippen molar-refractivity contribution in [2.45, 2.75) is 13.3 Å². The minimum Gasteiger partial charge on any atom is -0.462 e. The van der Waals surface area contributed by atoms with E-state index in [0.717, 1.165) is 6.42 Å². The van der Waals surface area contributed by atoms with Crippen LogP contribution in [0.1, 0.15) is 23.7 Å². The third-order valence-corrected chi connectivity index (χ3v) is 2.79. The Bertz CT molecular complexity index is 438. The van der Waals surface area contributed by atoms with E-state index in [2.05, 4.69) is 5.32 Å². The lowest BCUT2D eigenvalue weighted by molar-refractivity contribution is 0.0527. The molecule has 0 heterocycles. The predicted octanol–water partition coefficient (Wildman–Crippen LogP) is 1.91. The van der Waals surface area contributed by atoms with Crippen LogP contribution in [0, 0.1) is 0 Å². The van der Waals surface area contributed by atoms with Gasteiger partial charge in [-0.05, 0) is 25.5 Å². The molecule has 1 rings (SSSR count). The molecule has 118 valence electrons. The highest BCUT2D eigenvalue weighted by atomic mass is 16.5. The minimum absolute atomic E-state index is 0.334. The zero-order chi connectivity index (χ0) is 15.5. The molecule has 0 saturated carbocycles. The molecular weight excluding hydrogens is 272 g/mol. The van der Waals surface area contributed by atoms with Crippen LogP contribution in [-0.2, 0) is 14.2 Å². The first-order valence-corrected chi connectivity index (χ1v) is 7.06.